The number of benzene rings is 1. The van der Waals surface area contributed by atoms with Gasteiger partial charge >= 0.3 is 0 Å². The zero-order valence-electron chi connectivity index (χ0n) is 6.71. The molecule has 0 heterocycles. The number of rotatable bonds is 2. The molecule has 0 spiro atoms. The summed E-state index contributed by atoms with van der Waals surface area (Å²) in [7, 11) is 1.74. The average molecular weight is 148 g/mol. The molecular weight excluding hydrogens is 136 g/mol. The van der Waals surface area contributed by atoms with E-state index in [0.29, 0.717) is 0 Å². The monoisotopic (exact) mass is 148 g/mol. The first-order valence-electron chi connectivity index (χ1n) is 4.04. The molecule has 1 saturated carbocycles. The van der Waals surface area contributed by atoms with Crippen molar-refractivity contribution in [2.75, 3.05) is 7.11 Å². The van der Waals surface area contributed by atoms with E-state index in [1.54, 1.807) is 7.11 Å². The van der Waals surface area contributed by atoms with Crippen LogP contribution < -0.4 is 4.74 Å². The molecule has 0 amide bonds. The lowest BCUT2D eigenvalue weighted by Crippen LogP contribution is -1.88. The second-order valence-electron chi connectivity index (χ2n) is 3.02. The van der Waals surface area contributed by atoms with E-state index in [-0.39, 0.29) is 0 Å². The van der Waals surface area contributed by atoms with Crippen molar-refractivity contribution in [1.82, 2.24) is 0 Å². The summed E-state index contributed by atoms with van der Waals surface area (Å²) in [4.78, 5) is 0. The summed E-state index contributed by atoms with van der Waals surface area (Å²) in [6, 6.07) is 8.30. The summed E-state index contributed by atoms with van der Waals surface area (Å²) in [6.45, 7) is 0. The molecule has 11 heavy (non-hydrogen) atoms. The largest absolute Gasteiger partial charge is 0.496 e. The third-order valence-electron chi connectivity index (χ3n) is 2.16. The van der Waals surface area contributed by atoms with Gasteiger partial charge < -0.3 is 4.74 Å². The van der Waals surface area contributed by atoms with Gasteiger partial charge in [0.15, 0.2) is 0 Å². The summed E-state index contributed by atoms with van der Waals surface area (Å²) >= 11 is 0. The summed E-state index contributed by atoms with van der Waals surface area (Å²) in [6.07, 6.45) is 2.67. The smallest absolute Gasteiger partial charge is 0.122 e. The second-order valence-corrected chi connectivity index (χ2v) is 3.02. The quantitative estimate of drug-likeness (QED) is 0.626. The van der Waals surface area contributed by atoms with Gasteiger partial charge in [-0.05, 0) is 30.4 Å². The molecule has 0 saturated heterocycles. The van der Waals surface area contributed by atoms with Gasteiger partial charge in [0.25, 0.3) is 0 Å². The van der Waals surface area contributed by atoms with Gasteiger partial charge in [0.2, 0.25) is 0 Å². The first kappa shape index (κ1) is 6.71. The Morgan fingerprint density at radius 1 is 1.27 bits per heavy atom. The highest BCUT2D eigenvalue weighted by Crippen LogP contribution is 2.43. The van der Waals surface area contributed by atoms with Crippen LogP contribution >= 0.6 is 0 Å². The molecule has 2 rings (SSSR count). The molecule has 1 aliphatic rings. The van der Waals surface area contributed by atoms with Crippen molar-refractivity contribution < 1.29 is 4.74 Å². The third-order valence-corrected chi connectivity index (χ3v) is 2.16. The molecular formula is C10H12O. The molecule has 0 N–H and O–H groups in total. The zero-order chi connectivity index (χ0) is 7.68. The number of para-hydroxylation sites is 1. The first-order valence-corrected chi connectivity index (χ1v) is 4.04. The van der Waals surface area contributed by atoms with Crippen LogP contribution in [0.2, 0.25) is 0 Å². The average Bonchev–Trinajstić information content (AvgIpc) is 2.87. The van der Waals surface area contributed by atoms with E-state index in [1.165, 1.54) is 18.4 Å². The van der Waals surface area contributed by atoms with Crippen LogP contribution in [0.15, 0.2) is 24.3 Å². The Bertz CT molecular complexity index is 251. The Hall–Kier alpha value is -0.980. The Labute approximate surface area is 67.0 Å². The summed E-state index contributed by atoms with van der Waals surface area (Å²) < 4.78 is 5.25. The van der Waals surface area contributed by atoms with Crippen LogP contribution in [0, 0.1) is 0 Å². The molecule has 1 aromatic carbocycles. The maximum atomic E-state index is 5.25. The lowest BCUT2D eigenvalue weighted by molar-refractivity contribution is 0.410. The van der Waals surface area contributed by atoms with Crippen LogP contribution in [-0.2, 0) is 0 Å². The van der Waals surface area contributed by atoms with E-state index in [4.69, 9.17) is 4.74 Å². The van der Waals surface area contributed by atoms with Crippen LogP contribution in [-0.4, -0.2) is 7.11 Å². The molecule has 58 valence electrons. The van der Waals surface area contributed by atoms with Crippen molar-refractivity contribution in [2.24, 2.45) is 0 Å². The molecule has 0 atom stereocenters. The van der Waals surface area contributed by atoms with Crippen LogP contribution in [0.1, 0.15) is 24.3 Å². The Kier molecular flexibility index (Phi) is 1.57. The van der Waals surface area contributed by atoms with Gasteiger partial charge in [-0.2, -0.15) is 0 Å². The minimum atomic E-state index is 0.783. The van der Waals surface area contributed by atoms with E-state index in [1.807, 2.05) is 12.1 Å². The van der Waals surface area contributed by atoms with Crippen molar-refractivity contribution in [3.05, 3.63) is 29.8 Å². The Balaban J connectivity index is 2.34. The lowest BCUT2D eigenvalue weighted by atomic mass is 10.1. The van der Waals surface area contributed by atoms with Gasteiger partial charge in [-0.15, -0.1) is 0 Å². The highest BCUT2D eigenvalue weighted by Gasteiger charge is 2.25. The van der Waals surface area contributed by atoms with E-state index in [0.717, 1.165) is 11.7 Å². The van der Waals surface area contributed by atoms with E-state index >= 15 is 0 Å². The van der Waals surface area contributed by atoms with Crippen LogP contribution in [0.4, 0.5) is 0 Å². The molecule has 0 radical (unpaired) electrons. The van der Waals surface area contributed by atoms with Gasteiger partial charge in [-0.25, -0.2) is 0 Å². The lowest BCUT2D eigenvalue weighted by Gasteiger charge is -2.05. The molecule has 0 aromatic heterocycles. The fourth-order valence-corrected chi connectivity index (χ4v) is 1.40. The van der Waals surface area contributed by atoms with Gasteiger partial charge in [-0.3, -0.25) is 0 Å². The van der Waals surface area contributed by atoms with Crippen molar-refractivity contribution in [3.8, 4) is 5.75 Å². The van der Waals surface area contributed by atoms with E-state index < -0.39 is 0 Å². The number of methoxy groups -OCH3 is 1. The molecule has 1 nitrogen and oxygen atoms in total. The van der Waals surface area contributed by atoms with Crippen LogP contribution in [0.25, 0.3) is 0 Å². The zero-order valence-corrected chi connectivity index (χ0v) is 6.71. The van der Waals surface area contributed by atoms with Crippen molar-refractivity contribution in [1.29, 1.82) is 0 Å². The van der Waals surface area contributed by atoms with Gasteiger partial charge in [0.1, 0.15) is 5.75 Å². The summed E-state index contributed by atoms with van der Waals surface area (Å²) in [5.41, 5.74) is 1.38. The Morgan fingerprint density at radius 2 is 2.00 bits per heavy atom. The van der Waals surface area contributed by atoms with Crippen molar-refractivity contribution >= 4 is 0 Å². The number of hydrogen-bond acceptors (Lipinski definition) is 1. The maximum Gasteiger partial charge on any atom is 0.122 e. The van der Waals surface area contributed by atoms with Gasteiger partial charge in [0.05, 0.1) is 7.11 Å². The van der Waals surface area contributed by atoms with Crippen molar-refractivity contribution in [2.45, 2.75) is 18.8 Å². The van der Waals surface area contributed by atoms with Gasteiger partial charge in [0, 0.05) is 0 Å². The maximum absolute atomic E-state index is 5.25. The van der Waals surface area contributed by atoms with Crippen LogP contribution in [0.3, 0.4) is 0 Å². The highest BCUT2D eigenvalue weighted by atomic mass is 16.5. The normalized spacial score (nSPS) is 16.5. The van der Waals surface area contributed by atoms with E-state index in [9.17, 15) is 0 Å². The fourth-order valence-electron chi connectivity index (χ4n) is 1.40. The summed E-state index contributed by atoms with van der Waals surface area (Å²) in [5.74, 6) is 1.83. The number of ether oxygens (including phenoxy) is 1. The third kappa shape index (κ3) is 1.23. The predicted molar refractivity (Wildman–Crippen MR) is 45.0 cm³/mol. The standard InChI is InChI=1S/C10H12O/c1-11-10-5-3-2-4-9(10)8-6-7-8/h2-5,8H,6-7H2,1H3. The minimum Gasteiger partial charge on any atom is -0.496 e. The van der Waals surface area contributed by atoms with E-state index in [2.05, 4.69) is 12.1 Å². The van der Waals surface area contributed by atoms with Crippen LogP contribution in [0.5, 0.6) is 5.75 Å². The van der Waals surface area contributed by atoms with Gasteiger partial charge in [-0.1, -0.05) is 18.2 Å². The number of hydrogen-bond donors (Lipinski definition) is 0. The molecule has 1 aromatic rings. The molecule has 0 aliphatic heterocycles. The SMILES string of the molecule is COc1ccccc1C1CC1. The molecule has 0 bridgehead atoms. The van der Waals surface area contributed by atoms with Crippen molar-refractivity contribution in [3.63, 3.8) is 0 Å². The molecule has 0 unspecified atom stereocenters. The molecule has 1 heteroatoms. The first-order chi connectivity index (χ1) is 5.42. The fraction of sp³-hybridized carbons (Fsp3) is 0.400. The second kappa shape index (κ2) is 2.57. The highest BCUT2D eigenvalue weighted by molar-refractivity contribution is 5.38. The molecule has 1 fully saturated rings. The Morgan fingerprint density at radius 3 is 2.64 bits per heavy atom. The topological polar surface area (TPSA) is 9.23 Å². The predicted octanol–water partition coefficient (Wildman–Crippen LogP) is 2.57. The minimum absolute atomic E-state index is 0.783. The summed E-state index contributed by atoms with van der Waals surface area (Å²) in [5, 5.41) is 0. The molecule has 1 aliphatic carbocycles.